The Kier molecular flexibility index (Phi) is 6.36. The molecule has 0 heterocycles. The van der Waals surface area contributed by atoms with Crippen molar-refractivity contribution in [3.63, 3.8) is 0 Å². The lowest BCUT2D eigenvalue weighted by Gasteiger charge is -2.21. The van der Waals surface area contributed by atoms with E-state index >= 15 is 0 Å². The molecule has 3 rings (SSSR count). The van der Waals surface area contributed by atoms with Crippen LogP contribution in [0.15, 0.2) is 77.8 Å². The highest BCUT2D eigenvalue weighted by molar-refractivity contribution is 5.99. The second kappa shape index (κ2) is 8.94. The highest BCUT2D eigenvalue weighted by Gasteiger charge is 2.15. The average molecular weight is 384 g/mol. The first-order valence-electron chi connectivity index (χ1n) is 10.0. The number of rotatable bonds is 5. The molecule has 0 fully saturated rings. The SMILES string of the molecule is Cc1cc(C(=C=Nc2ccccc2)c2ccccc2)cc(C)c1OCC(C)(C)C. The molecule has 0 unspecified atom stereocenters. The van der Waals surface area contributed by atoms with E-state index in [4.69, 9.17) is 4.74 Å². The van der Waals surface area contributed by atoms with E-state index in [-0.39, 0.29) is 5.41 Å². The van der Waals surface area contributed by atoms with Crippen molar-refractivity contribution >= 4 is 17.1 Å². The highest BCUT2D eigenvalue weighted by atomic mass is 16.5. The summed E-state index contributed by atoms with van der Waals surface area (Å²) in [4.78, 5) is 4.59. The number of aliphatic imine (C=N–C) groups is 1. The van der Waals surface area contributed by atoms with Gasteiger partial charge in [0.15, 0.2) is 0 Å². The van der Waals surface area contributed by atoms with Crippen molar-refractivity contribution in [2.45, 2.75) is 34.6 Å². The Hall–Kier alpha value is -3.09. The molecule has 2 nitrogen and oxygen atoms in total. The molecule has 0 bridgehead atoms. The molecule has 3 aromatic carbocycles. The molecular formula is C27H29NO. The van der Waals surface area contributed by atoms with Gasteiger partial charge in [0.1, 0.15) is 5.75 Å². The third kappa shape index (κ3) is 5.70. The van der Waals surface area contributed by atoms with Crippen molar-refractivity contribution in [1.29, 1.82) is 0 Å². The third-order valence-corrected chi connectivity index (χ3v) is 4.51. The Bertz CT molecular complexity index is 998. The molecule has 0 spiro atoms. The van der Waals surface area contributed by atoms with Crippen LogP contribution in [0.1, 0.15) is 43.0 Å². The van der Waals surface area contributed by atoms with Crippen molar-refractivity contribution < 1.29 is 4.74 Å². The van der Waals surface area contributed by atoms with Gasteiger partial charge in [0.05, 0.1) is 17.9 Å². The van der Waals surface area contributed by atoms with Crippen LogP contribution >= 0.6 is 0 Å². The Morgan fingerprint density at radius 2 is 1.38 bits per heavy atom. The molecule has 29 heavy (non-hydrogen) atoms. The molecule has 0 aliphatic rings. The van der Waals surface area contributed by atoms with Crippen molar-refractivity contribution in [2.75, 3.05) is 6.61 Å². The normalized spacial score (nSPS) is 10.9. The molecule has 0 N–H and O–H groups in total. The van der Waals surface area contributed by atoms with Crippen molar-refractivity contribution in [2.24, 2.45) is 10.4 Å². The van der Waals surface area contributed by atoms with Gasteiger partial charge in [-0.1, -0.05) is 69.3 Å². The second-order valence-corrected chi connectivity index (χ2v) is 8.59. The molecule has 3 aromatic rings. The zero-order chi connectivity index (χ0) is 20.9. The molecule has 148 valence electrons. The maximum absolute atomic E-state index is 6.15. The minimum absolute atomic E-state index is 0.120. The predicted molar refractivity (Wildman–Crippen MR) is 123 cm³/mol. The summed E-state index contributed by atoms with van der Waals surface area (Å²) in [5.41, 5.74) is 6.42. The number of hydrogen-bond acceptors (Lipinski definition) is 2. The minimum Gasteiger partial charge on any atom is -0.492 e. The number of nitrogens with zero attached hydrogens (tertiary/aromatic N) is 1. The zero-order valence-electron chi connectivity index (χ0n) is 18.0. The number of ether oxygens (including phenoxy) is 1. The fraction of sp³-hybridized carbons (Fsp3) is 0.259. The van der Waals surface area contributed by atoms with Crippen LogP contribution in [0.4, 0.5) is 5.69 Å². The van der Waals surface area contributed by atoms with Gasteiger partial charge in [-0.15, -0.1) is 0 Å². The first-order valence-corrected chi connectivity index (χ1v) is 10.0. The summed E-state index contributed by atoms with van der Waals surface area (Å²) in [6, 6.07) is 24.6. The van der Waals surface area contributed by atoms with Crippen LogP contribution in [-0.2, 0) is 0 Å². The Morgan fingerprint density at radius 1 is 0.828 bits per heavy atom. The second-order valence-electron chi connectivity index (χ2n) is 8.59. The molecule has 0 aliphatic carbocycles. The van der Waals surface area contributed by atoms with Gasteiger partial charge < -0.3 is 4.74 Å². The van der Waals surface area contributed by atoms with Gasteiger partial charge in [-0.05, 0) is 71.7 Å². The van der Waals surface area contributed by atoms with E-state index in [0.29, 0.717) is 6.61 Å². The summed E-state index contributed by atoms with van der Waals surface area (Å²) >= 11 is 0. The van der Waals surface area contributed by atoms with E-state index in [2.05, 4.69) is 69.7 Å². The maximum Gasteiger partial charge on any atom is 0.125 e. The smallest absolute Gasteiger partial charge is 0.125 e. The van der Waals surface area contributed by atoms with Gasteiger partial charge in [0.25, 0.3) is 0 Å². The third-order valence-electron chi connectivity index (χ3n) is 4.51. The molecule has 0 saturated carbocycles. The lowest BCUT2D eigenvalue weighted by Crippen LogP contribution is -2.17. The first kappa shape index (κ1) is 20.6. The fourth-order valence-electron chi connectivity index (χ4n) is 3.13. The standard InChI is InChI=1S/C27H29NO/c1-20-16-23(17-21(2)26(20)29-19-27(3,4)5)25(22-12-8-6-9-13-22)18-28-24-14-10-7-11-15-24/h6-17H,19H2,1-5H3. The lowest BCUT2D eigenvalue weighted by atomic mass is 9.95. The monoisotopic (exact) mass is 383 g/mol. The van der Waals surface area contributed by atoms with Crippen LogP contribution in [-0.4, -0.2) is 12.5 Å². The van der Waals surface area contributed by atoms with E-state index in [0.717, 1.165) is 39.3 Å². The largest absolute Gasteiger partial charge is 0.492 e. The summed E-state index contributed by atoms with van der Waals surface area (Å²) in [5.74, 6) is 4.27. The first-order chi connectivity index (χ1) is 13.8. The number of aryl methyl sites for hydroxylation is 2. The molecular weight excluding hydrogens is 354 g/mol. The quantitative estimate of drug-likeness (QED) is 0.428. The molecule has 2 heteroatoms. The van der Waals surface area contributed by atoms with E-state index in [9.17, 15) is 0 Å². The summed E-state index contributed by atoms with van der Waals surface area (Å²) in [6.07, 6.45) is 0. The summed E-state index contributed by atoms with van der Waals surface area (Å²) in [7, 11) is 0. The Morgan fingerprint density at radius 3 is 1.93 bits per heavy atom. The number of para-hydroxylation sites is 1. The van der Waals surface area contributed by atoms with Crippen LogP contribution in [0.5, 0.6) is 5.75 Å². The van der Waals surface area contributed by atoms with E-state index < -0.39 is 0 Å². The van der Waals surface area contributed by atoms with E-state index in [1.165, 1.54) is 0 Å². The van der Waals surface area contributed by atoms with E-state index in [1.54, 1.807) is 0 Å². The van der Waals surface area contributed by atoms with Gasteiger partial charge in [-0.3, -0.25) is 0 Å². The van der Waals surface area contributed by atoms with E-state index in [1.807, 2.05) is 48.5 Å². The molecule has 0 atom stereocenters. The van der Waals surface area contributed by atoms with Gasteiger partial charge in [0.2, 0.25) is 0 Å². The van der Waals surface area contributed by atoms with Gasteiger partial charge >= 0.3 is 0 Å². The molecule has 0 saturated heterocycles. The molecule has 0 aromatic heterocycles. The molecule has 0 radical (unpaired) electrons. The summed E-state index contributed by atoms with van der Waals surface area (Å²) in [5, 5.41) is 0. The van der Waals surface area contributed by atoms with Gasteiger partial charge in [-0.25, -0.2) is 4.99 Å². The van der Waals surface area contributed by atoms with Gasteiger partial charge in [0, 0.05) is 0 Å². The van der Waals surface area contributed by atoms with Crippen LogP contribution in [0.3, 0.4) is 0 Å². The van der Waals surface area contributed by atoms with Crippen LogP contribution in [0, 0.1) is 19.3 Å². The number of benzene rings is 3. The maximum atomic E-state index is 6.15. The van der Waals surface area contributed by atoms with Gasteiger partial charge in [-0.2, -0.15) is 0 Å². The fourth-order valence-corrected chi connectivity index (χ4v) is 3.13. The van der Waals surface area contributed by atoms with Crippen molar-refractivity contribution in [3.05, 3.63) is 95.1 Å². The molecule has 0 aliphatic heterocycles. The Labute approximate surface area is 174 Å². The Balaban J connectivity index is 2.06. The average Bonchev–Trinajstić information content (AvgIpc) is 2.68. The van der Waals surface area contributed by atoms with Crippen LogP contribution in [0.25, 0.3) is 5.57 Å². The topological polar surface area (TPSA) is 21.6 Å². The lowest BCUT2D eigenvalue weighted by molar-refractivity contribution is 0.196. The summed E-state index contributed by atoms with van der Waals surface area (Å²) in [6.45, 7) is 11.4. The van der Waals surface area contributed by atoms with Crippen molar-refractivity contribution in [3.8, 4) is 5.75 Å². The predicted octanol–water partition coefficient (Wildman–Crippen LogP) is 7.16. The zero-order valence-corrected chi connectivity index (χ0v) is 18.0. The summed E-state index contributed by atoms with van der Waals surface area (Å²) < 4.78 is 6.15. The van der Waals surface area contributed by atoms with Crippen LogP contribution in [0.2, 0.25) is 0 Å². The van der Waals surface area contributed by atoms with Crippen LogP contribution < -0.4 is 4.74 Å². The molecule has 0 amide bonds. The van der Waals surface area contributed by atoms with Crippen molar-refractivity contribution in [1.82, 2.24) is 0 Å². The highest BCUT2D eigenvalue weighted by Crippen LogP contribution is 2.31. The number of hydrogen-bond donors (Lipinski definition) is 0. The minimum atomic E-state index is 0.120.